The van der Waals surface area contributed by atoms with Crippen LogP contribution in [-0.4, -0.2) is 27.9 Å². The van der Waals surface area contributed by atoms with E-state index in [-0.39, 0.29) is 17.3 Å². The number of aryl methyl sites for hydroxylation is 1. The molecule has 5 nitrogen and oxygen atoms in total. The Labute approximate surface area is 179 Å². The van der Waals surface area contributed by atoms with Crippen molar-refractivity contribution in [1.29, 1.82) is 0 Å². The Balaban J connectivity index is 2.00. The van der Waals surface area contributed by atoms with Crippen molar-refractivity contribution in [2.24, 2.45) is 0 Å². The maximum Gasteiger partial charge on any atom is 0.264 e. The van der Waals surface area contributed by atoms with Crippen LogP contribution in [0.15, 0.2) is 88.2 Å². The van der Waals surface area contributed by atoms with Gasteiger partial charge in [-0.2, -0.15) is 0 Å². The smallest absolute Gasteiger partial charge is 0.264 e. The highest BCUT2D eigenvalue weighted by molar-refractivity contribution is 9.10. The Morgan fingerprint density at radius 1 is 0.897 bits per heavy atom. The Bertz CT molecular complexity index is 1100. The molecule has 0 saturated carbocycles. The van der Waals surface area contributed by atoms with E-state index in [2.05, 4.69) is 15.9 Å². The molecule has 0 N–H and O–H groups in total. The highest BCUT2D eigenvalue weighted by Gasteiger charge is 2.28. The van der Waals surface area contributed by atoms with Gasteiger partial charge >= 0.3 is 0 Å². The lowest BCUT2D eigenvalue weighted by Gasteiger charge is -2.27. The largest absolute Gasteiger partial charge is 0.314 e. The van der Waals surface area contributed by atoms with E-state index >= 15 is 0 Å². The van der Waals surface area contributed by atoms with Gasteiger partial charge in [0, 0.05) is 17.2 Å². The summed E-state index contributed by atoms with van der Waals surface area (Å²) in [5.41, 5.74) is 2.06. The van der Waals surface area contributed by atoms with Crippen molar-refractivity contribution in [3.63, 3.8) is 0 Å². The molecule has 0 aliphatic rings. The summed E-state index contributed by atoms with van der Waals surface area (Å²) in [5, 5.41) is 0. The SMILES string of the molecule is Cc1ccc(S(=O)(=O)N(CC(=O)N(C)c2ccccc2)c2cccc(Br)c2)cc1. The Kier molecular flexibility index (Phi) is 6.39. The highest BCUT2D eigenvalue weighted by Crippen LogP contribution is 2.27. The molecule has 3 rings (SSSR count). The monoisotopic (exact) mass is 472 g/mol. The number of nitrogens with zero attached hydrogens (tertiary/aromatic N) is 2. The van der Waals surface area contributed by atoms with Crippen LogP contribution in [-0.2, 0) is 14.8 Å². The molecule has 3 aromatic carbocycles. The number of carbonyl (C=O) groups excluding carboxylic acids is 1. The fourth-order valence-corrected chi connectivity index (χ4v) is 4.60. The molecule has 0 aromatic heterocycles. The number of hydrogen-bond donors (Lipinski definition) is 0. The van der Waals surface area contributed by atoms with Gasteiger partial charge in [0.25, 0.3) is 10.0 Å². The van der Waals surface area contributed by atoms with Crippen molar-refractivity contribution in [2.45, 2.75) is 11.8 Å². The first kappa shape index (κ1) is 21.1. The summed E-state index contributed by atoms with van der Waals surface area (Å²) in [5.74, 6) is -0.341. The molecule has 0 aliphatic carbocycles. The highest BCUT2D eigenvalue weighted by atomic mass is 79.9. The van der Waals surface area contributed by atoms with Crippen LogP contribution in [0.4, 0.5) is 11.4 Å². The molecule has 3 aromatic rings. The molecule has 0 fully saturated rings. The quantitative estimate of drug-likeness (QED) is 0.525. The van der Waals surface area contributed by atoms with Gasteiger partial charge in [-0.15, -0.1) is 0 Å². The summed E-state index contributed by atoms with van der Waals surface area (Å²) in [7, 11) is -2.30. The fraction of sp³-hybridized carbons (Fsp3) is 0.136. The van der Waals surface area contributed by atoms with Crippen LogP contribution >= 0.6 is 15.9 Å². The number of sulfonamides is 1. The summed E-state index contributed by atoms with van der Waals surface area (Å²) in [6, 6.07) is 22.6. The first-order chi connectivity index (χ1) is 13.8. The zero-order valence-electron chi connectivity index (χ0n) is 16.1. The number of benzene rings is 3. The van der Waals surface area contributed by atoms with Crippen LogP contribution in [0.25, 0.3) is 0 Å². The van der Waals surface area contributed by atoms with Crippen LogP contribution in [0.3, 0.4) is 0 Å². The zero-order chi connectivity index (χ0) is 21.0. The molecule has 29 heavy (non-hydrogen) atoms. The van der Waals surface area contributed by atoms with Gasteiger partial charge in [0.15, 0.2) is 0 Å². The number of hydrogen-bond acceptors (Lipinski definition) is 3. The summed E-state index contributed by atoms with van der Waals surface area (Å²) in [6.07, 6.45) is 0. The average molecular weight is 473 g/mol. The minimum atomic E-state index is -3.93. The average Bonchev–Trinajstić information content (AvgIpc) is 2.72. The molecule has 150 valence electrons. The van der Waals surface area contributed by atoms with Gasteiger partial charge in [0.05, 0.1) is 10.6 Å². The predicted molar refractivity (Wildman–Crippen MR) is 120 cm³/mol. The third-order valence-electron chi connectivity index (χ3n) is 4.50. The second-order valence-corrected chi connectivity index (χ2v) is 9.37. The van der Waals surface area contributed by atoms with Gasteiger partial charge in [-0.05, 0) is 49.4 Å². The number of rotatable bonds is 6. The Morgan fingerprint density at radius 3 is 2.14 bits per heavy atom. The number of halogens is 1. The van der Waals surface area contributed by atoms with E-state index in [1.165, 1.54) is 4.90 Å². The molecule has 1 amide bonds. The Hall–Kier alpha value is -2.64. The third kappa shape index (κ3) is 4.86. The molecule has 0 heterocycles. The maximum atomic E-state index is 13.4. The number of para-hydroxylation sites is 1. The summed E-state index contributed by atoms with van der Waals surface area (Å²) in [6.45, 7) is 1.57. The molecule has 0 saturated heterocycles. The standard InChI is InChI=1S/C22H21BrN2O3S/c1-17-11-13-21(14-12-17)29(27,28)25(20-10-6-7-18(23)15-20)16-22(26)24(2)19-8-4-3-5-9-19/h3-15H,16H2,1-2H3. The first-order valence-electron chi connectivity index (χ1n) is 8.95. The molecule has 0 bridgehead atoms. The number of likely N-dealkylation sites (N-methyl/N-ethyl adjacent to an activating group) is 1. The van der Waals surface area contributed by atoms with Gasteiger partial charge in [0.2, 0.25) is 5.91 Å². The van der Waals surface area contributed by atoms with Crippen LogP contribution < -0.4 is 9.21 Å². The molecule has 0 unspecified atom stereocenters. The molecule has 7 heteroatoms. The van der Waals surface area contributed by atoms with E-state index < -0.39 is 10.0 Å². The normalized spacial score (nSPS) is 11.1. The van der Waals surface area contributed by atoms with E-state index in [9.17, 15) is 13.2 Å². The van der Waals surface area contributed by atoms with Gasteiger partial charge in [-0.25, -0.2) is 8.42 Å². The molecule has 0 atom stereocenters. The van der Waals surface area contributed by atoms with E-state index in [1.807, 2.05) is 25.1 Å². The van der Waals surface area contributed by atoms with Crippen LogP contribution in [0.1, 0.15) is 5.56 Å². The third-order valence-corrected chi connectivity index (χ3v) is 6.78. The van der Waals surface area contributed by atoms with Crippen LogP contribution in [0, 0.1) is 6.92 Å². The summed E-state index contributed by atoms with van der Waals surface area (Å²) >= 11 is 3.38. The minimum absolute atomic E-state index is 0.137. The maximum absolute atomic E-state index is 13.4. The van der Waals surface area contributed by atoms with Crippen molar-refractivity contribution in [3.8, 4) is 0 Å². The van der Waals surface area contributed by atoms with Gasteiger partial charge in [-0.3, -0.25) is 9.10 Å². The molecule has 0 aliphatic heterocycles. The van der Waals surface area contributed by atoms with Gasteiger partial charge in [0.1, 0.15) is 6.54 Å². The zero-order valence-corrected chi connectivity index (χ0v) is 18.5. The van der Waals surface area contributed by atoms with Gasteiger partial charge in [-0.1, -0.05) is 57.9 Å². The minimum Gasteiger partial charge on any atom is -0.314 e. The van der Waals surface area contributed by atoms with Crippen molar-refractivity contribution < 1.29 is 13.2 Å². The van der Waals surface area contributed by atoms with Crippen molar-refractivity contribution in [1.82, 2.24) is 0 Å². The van der Waals surface area contributed by atoms with E-state index in [0.717, 1.165) is 14.3 Å². The molecular weight excluding hydrogens is 452 g/mol. The van der Waals surface area contributed by atoms with E-state index in [4.69, 9.17) is 0 Å². The predicted octanol–water partition coefficient (Wildman–Crippen LogP) is 4.62. The van der Waals surface area contributed by atoms with Gasteiger partial charge < -0.3 is 4.90 Å². The topological polar surface area (TPSA) is 57.7 Å². The number of anilines is 2. The summed E-state index contributed by atoms with van der Waals surface area (Å²) in [4.78, 5) is 14.5. The molecular formula is C22H21BrN2O3S. The lowest BCUT2D eigenvalue weighted by molar-refractivity contribution is -0.116. The lowest BCUT2D eigenvalue weighted by atomic mass is 10.2. The van der Waals surface area contributed by atoms with E-state index in [1.54, 1.807) is 67.7 Å². The van der Waals surface area contributed by atoms with Crippen molar-refractivity contribution in [2.75, 3.05) is 22.8 Å². The second kappa shape index (κ2) is 8.80. The number of amides is 1. The Morgan fingerprint density at radius 2 is 1.52 bits per heavy atom. The molecule has 0 spiro atoms. The van der Waals surface area contributed by atoms with Crippen molar-refractivity contribution >= 4 is 43.2 Å². The van der Waals surface area contributed by atoms with Crippen LogP contribution in [0.5, 0.6) is 0 Å². The summed E-state index contributed by atoms with van der Waals surface area (Å²) < 4.78 is 28.6. The molecule has 0 radical (unpaired) electrons. The first-order valence-corrected chi connectivity index (χ1v) is 11.2. The second-order valence-electron chi connectivity index (χ2n) is 6.59. The van der Waals surface area contributed by atoms with E-state index in [0.29, 0.717) is 11.4 Å². The lowest BCUT2D eigenvalue weighted by Crippen LogP contribution is -2.41. The van der Waals surface area contributed by atoms with Crippen LogP contribution in [0.2, 0.25) is 0 Å². The fourth-order valence-electron chi connectivity index (χ4n) is 2.81. The number of carbonyl (C=O) groups is 1. The van der Waals surface area contributed by atoms with Crippen molar-refractivity contribution in [3.05, 3.63) is 88.9 Å².